The Hall–Kier alpha value is -1.73. The molecule has 18 heavy (non-hydrogen) atoms. The lowest BCUT2D eigenvalue weighted by Gasteiger charge is -2.03. The van der Waals surface area contributed by atoms with Crippen LogP contribution in [0.1, 0.15) is 5.69 Å². The van der Waals surface area contributed by atoms with Gasteiger partial charge in [-0.2, -0.15) is 0 Å². The smallest absolute Gasteiger partial charge is 0.0486 e. The van der Waals surface area contributed by atoms with Crippen molar-refractivity contribution in [2.24, 2.45) is 7.05 Å². The summed E-state index contributed by atoms with van der Waals surface area (Å²) in [5.74, 6) is 0. The molecule has 1 heterocycles. The molecule has 0 saturated heterocycles. The maximum absolute atomic E-state index is 5.96. The molecular weight excluding hydrogens is 242 g/mol. The summed E-state index contributed by atoms with van der Waals surface area (Å²) in [4.78, 5) is 0. The number of nitrogens with zero attached hydrogens (tertiary/aromatic N) is 1. The molecule has 3 aromatic rings. The van der Waals surface area contributed by atoms with E-state index in [4.69, 9.17) is 11.6 Å². The van der Waals surface area contributed by atoms with Crippen molar-refractivity contribution in [2.45, 2.75) is 6.92 Å². The van der Waals surface area contributed by atoms with Gasteiger partial charge >= 0.3 is 0 Å². The van der Waals surface area contributed by atoms with Crippen molar-refractivity contribution in [3.8, 4) is 11.1 Å². The summed E-state index contributed by atoms with van der Waals surface area (Å²) in [6.45, 7) is 2.16. The van der Waals surface area contributed by atoms with Gasteiger partial charge in [-0.15, -0.1) is 0 Å². The molecular formula is C16H14ClN. The second-order valence-electron chi connectivity index (χ2n) is 4.54. The van der Waals surface area contributed by atoms with E-state index >= 15 is 0 Å². The van der Waals surface area contributed by atoms with E-state index in [9.17, 15) is 0 Å². The van der Waals surface area contributed by atoms with E-state index in [1.165, 1.54) is 27.7 Å². The first kappa shape index (κ1) is 11.4. The number of halogens is 1. The van der Waals surface area contributed by atoms with Crippen molar-refractivity contribution >= 4 is 22.5 Å². The van der Waals surface area contributed by atoms with Crippen LogP contribution in [0.5, 0.6) is 0 Å². The Bertz CT molecular complexity index is 708. The highest BCUT2D eigenvalue weighted by Crippen LogP contribution is 2.34. The first-order valence-electron chi connectivity index (χ1n) is 5.98. The summed E-state index contributed by atoms with van der Waals surface area (Å²) in [6.07, 6.45) is 0. The van der Waals surface area contributed by atoms with Crippen molar-refractivity contribution in [3.63, 3.8) is 0 Å². The predicted molar refractivity (Wildman–Crippen MR) is 78.1 cm³/mol. The van der Waals surface area contributed by atoms with Gasteiger partial charge in [-0.1, -0.05) is 41.9 Å². The van der Waals surface area contributed by atoms with Crippen LogP contribution in [0.25, 0.3) is 22.0 Å². The number of aryl methyl sites for hydroxylation is 1. The molecule has 0 radical (unpaired) electrons. The molecule has 2 heteroatoms. The minimum absolute atomic E-state index is 0.775. The van der Waals surface area contributed by atoms with E-state index < -0.39 is 0 Å². The zero-order valence-electron chi connectivity index (χ0n) is 10.4. The third kappa shape index (κ3) is 1.63. The van der Waals surface area contributed by atoms with E-state index in [2.05, 4.69) is 54.9 Å². The van der Waals surface area contributed by atoms with Crippen LogP contribution in [0.2, 0.25) is 5.02 Å². The second kappa shape index (κ2) is 4.18. The van der Waals surface area contributed by atoms with Gasteiger partial charge < -0.3 is 4.57 Å². The molecule has 0 N–H and O–H groups in total. The van der Waals surface area contributed by atoms with Crippen molar-refractivity contribution in [3.05, 3.63) is 59.2 Å². The third-order valence-corrected chi connectivity index (χ3v) is 3.78. The van der Waals surface area contributed by atoms with E-state index in [-0.39, 0.29) is 0 Å². The van der Waals surface area contributed by atoms with Gasteiger partial charge in [0.25, 0.3) is 0 Å². The molecule has 2 aromatic carbocycles. The second-order valence-corrected chi connectivity index (χ2v) is 4.98. The minimum atomic E-state index is 0.775. The Morgan fingerprint density at radius 2 is 1.61 bits per heavy atom. The van der Waals surface area contributed by atoms with Crippen LogP contribution in [0.4, 0.5) is 0 Å². The van der Waals surface area contributed by atoms with Gasteiger partial charge in [-0.25, -0.2) is 0 Å². The normalized spacial score (nSPS) is 11.1. The average molecular weight is 256 g/mol. The highest BCUT2D eigenvalue weighted by Gasteiger charge is 2.12. The zero-order chi connectivity index (χ0) is 12.7. The third-order valence-electron chi connectivity index (χ3n) is 3.53. The quantitative estimate of drug-likeness (QED) is 0.588. The van der Waals surface area contributed by atoms with Crippen LogP contribution in [-0.4, -0.2) is 4.57 Å². The standard InChI is InChI=1S/C16H14ClN/c1-11-16(12-7-9-13(17)10-8-12)14-5-3-4-6-15(14)18(11)2/h3-10H,1-2H3. The van der Waals surface area contributed by atoms with Gasteiger partial charge in [-0.3, -0.25) is 0 Å². The van der Waals surface area contributed by atoms with Crippen molar-refractivity contribution in [1.29, 1.82) is 0 Å². The van der Waals surface area contributed by atoms with Crippen LogP contribution < -0.4 is 0 Å². The summed E-state index contributed by atoms with van der Waals surface area (Å²) in [7, 11) is 2.11. The van der Waals surface area contributed by atoms with Crippen LogP contribution in [0.15, 0.2) is 48.5 Å². The number of hydrogen-bond donors (Lipinski definition) is 0. The summed E-state index contributed by atoms with van der Waals surface area (Å²) < 4.78 is 2.24. The van der Waals surface area contributed by atoms with E-state index in [1.807, 2.05) is 12.1 Å². The van der Waals surface area contributed by atoms with Crippen LogP contribution in [0.3, 0.4) is 0 Å². The lowest BCUT2D eigenvalue weighted by Crippen LogP contribution is -1.90. The van der Waals surface area contributed by atoms with E-state index in [1.54, 1.807) is 0 Å². The predicted octanol–water partition coefficient (Wildman–Crippen LogP) is 4.81. The lowest BCUT2D eigenvalue weighted by molar-refractivity contribution is 0.919. The molecule has 0 spiro atoms. The highest BCUT2D eigenvalue weighted by atomic mass is 35.5. The van der Waals surface area contributed by atoms with Gasteiger partial charge in [0.2, 0.25) is 0 Å². The Morgan fingerprint density at radius 3 is 2.33 bits per heavy atom. The molecule has 1 aromatic heterocycles. The number of fused-ring (bicyclic) bond motifs is 1. The Kier molecular flexibility index (Phi) is 2.64. The first-order chi connectivity index (χ1) is 8.68. The number of benzene rings is 2. The Morgan fingerprint density at radius 1 is 0.944 bits per heavy atom. The molecule has 0 aliphatic carbocycles. The summed E-state index contributed by atoms with van der Waals surface area (Å²) in [6, 6.07) is 16.5. The molecule has 0 fully saturated rings. The van der Waals surface area contributed by atoms with Crippen molar-refractivity contribution < 1.29 is 0 Å². The molecule has 0 atom stereocenters. The van der Waals surface area contributed by atoms with Crippen LogP contribution >= 0.6 is 11.6 Å². The number of hydrogen-bond acceptors (Lipinski definition) is 0. The summed E-state index contributed by atoms with van der Waals surface area (Å²) in [5.41, 5.74) is 5.05. The molecule has 0 amide bonds. The Balaban J connectivity index is 2.35. The maximum Gasteiger partial charge on any atom is 0.0486 e. The SMILES string of the molecule is Cc1c(-c2ccc(Cl)cc2)c2ccccc2n1C. The molecule has 1 nitrogen and oxygen atoms in total. The Labute approximate surface area is 112 Å². The highest BCUT2D eigenvalue weighted by molar-refractivity contribution is 6.30. The average Bonchev–Trinajstić information content (AvgIpc) is 2.64. The number of para-hydroxylation sites is 1. The molecule has 0 bridgehead atoms. The fourth-order valence-corrected chi connectivity index (χ4v) is 2.63. The van der Waals surface area contributed by atoms with Gasteiger partial charge in [0.15, 0.2) is 0 Å². The van der Waals surface area contributed by atoms with Crippen LogP contribution in [0, 0.1) is 6.92 Å². The maximum atomic E-state index is 5.96. The van der Waals surface area contributed by atoms with Gasteiger partial charge in [0.05, 0.1) is 0 Å². The minimum Gasteiger partial charge on any atom is -0.347 e. The zero-order valence-corrected chi connectivity index (χ0v) is 11.2. The number of aromatic nitrogens is 1. The largest absolute Gasteiger partial charge is 0.347 e. The lowest BCUT2D eigenvalue weighted by atomic mass is 10.0. The molecule has 3 rings (SSSR count). The number of rotatable bonds is 1. The fourth-order valence-electron chi connectivity index (χ4n) is 2.50. The van der Waals surface area contributed by atoms with Crippen molar-refractivity contribution in [2.75, 3.05) is 0 Å². The molecule has 0 saturated carbocycles. The molecule has 0 aliphatic heterocycles. The summed E-state index contributed by atoms with van der Waals surface area (Å²) >= 11 is 5.96. The van der Waals surface area contributed by atoms with Crippen LogP contribution in [-0.2, 0) is 7.05 Å². The topological polar surface area (TPSA) is 4.93 Å². The van der Waals surface area contributed by atoms with Gasteiger partial charge in [0.1, 0.15) is 0 Å². The molecule has 0 aliphatic rings. The van der Waals surface area contributed by atoms with E-state index in [0.29, 0.717) is 0 Å². The summed E-state index contributed by atoms with van der Waals surface area (Å²) in [5, 5.41) is 2.07. The van der Waals surface area contributed by atoms with Gasteiger partial charge in [0, 0.05) is 34.2 Å². The van der Waals surface area contributed by atoms with Gasteiger partial charge in [-0.05, 0) is 30.7 Å². The molecule has 0 unspecified atom stereocenters. The monoisotopic (exact) mass is 255 g/mol. The van der Waals surface area contributed by atoms with E-state index in [0.717, 1.165) is 5.02 Å². The first-order valence-corrected chi connectivity index (χ1v) is 6.36. The molecule has 90 valence electrons. The van der Waals surface area contributed by atoms with Crippen molar-refractivity contribution in [1.82, 2.24) is 4.57 Å². The fraction of sp³-hybridized carbons (Fsp3) is 0.125.